The van der Waals surface area contributed by atoms with Gasteiger partial charge >= 0.3 is 6.03 Å². The first-order chi connectivity index (χ1) is 15.5. The maximum absolute atomic E-state index is 12.6. The fourth-order valence-corrected chi connectivity index (χ4v) is 5.17. The van der Waals surface area contributed by atoms with Crippen LogP contribution in [0, 0.1) is 0 Å². The Kier molecular flexibility index (Phi) is 7.11. The van der Waals surface area contributed by atoms with Gasteiger partial charge < -0.3 is 20.1 Å². The van der Waals surface area contributed by atoms with E-state index in [4.69, 9.17) is 9.47 Å². The summed E-state index contributed by atoms with van der Waals surface area (Å²) in [4.78, 5) is 32.6. The number of nitrogens with one attached hydrogen (secondary N) is 3. The molecule has 3 amide bonds. The molecule has 4 rings (SSSR count). The molecule has 1 aliphatic heterocycles. The number of rotatable bonds is 7. The number of thiazole rings is 1. The molecule has 0 spiro atoms. The predicted octanol–water partition coefficient (Wildman–Crippen LogP) is 3.22. The number of carbonyl (C=O) groups excluding carboxylic acids is 2. The molecule has 1 saturated carbocycles. The summed E-state index contributed by atoms with van der Waals surface area (Å²) in [6, 6.07) is 5.36. The molecular weight excluding hydrogens is 430 g/mol. The van der Waals surface area contributed by atoms with E-state index in [-0.39, 0.29) is 24.5 Å². The van der Waals surface area contributed by atoms with Crippen LogP contribution in [-0.2, 0) is 17.8 Å². The van der Waals surface area contributed by atoms with Gasteiger partial charge in [-0.2, -0.15) is 0 Å². The summed E-state index contributed by atoms with van der Waals surface area (Å²) in [5, 5.41) is 9.41. The van der Waals surface area contributed by atoms with Crippen molar-refractivity contribution in [1.82, 2.24) is 15.2 Å². The number of fused-ring (bicyclic) bond motifs is 1. The molecule has 10 heteroatoms. The lowest BCUT2D eigenvalue weighted by Gasteiger charge is -2.25. The van der Waals surface area contributed by atoms with Gasteiger partial charge in [0.25, 0.3) is 0 Å². The predicted molar refractivity (Wildman–Crippen MR) is 124 cm³/mol. The highest BCUT2D eigenvalue weighted by Gasteiger charge is 2.24. The monoisotopic (exact) mass is 459 g/mol. The van der Waals surface area contributed by atoms with Crippen LogP contribution in [-0.4, -0.2) is 55.2 Å². The Morgan fingerprint density at radius 1 is 1.19 bits per heavy atom. The molecule has 3 N–H and O–H groups in total. The minimum Gasteiger partial charge on any atom is -0.497 e. The third-order valence-electron chi connectivity index (χ3n) is 5.77. The number of ether oxygens (including phenoxy) is 2. The highest BCUT2D eigenvalue weighted by Crippen LogP contribution is 2.30. The van der Waals surface area contributed by atoms with Crippen molar-refractivity contribution in [2.45, 2.75) is 44.7 Å². The van der Waals surface area contributed by atoms with Crippen LogP contribution in [0.4, 0.5) is 15.6 Å². The zero-order chi connectivity index (χ0) is 22.5. The summed E-state index contributed by atoms with van der Waals surface area (Å²) >= 11 is 1.48. The van der Waals surface area contributed by atoms with Gasteiger partial charge in [0, 0.05) is 36.5 Å². The van der Waals surface area contributed by atoms with Gasteiger partial charge in [-0.25, -0.2) is 9.78 Å². The topological polar surface area (TPSA) is 105 Å². The maximum atomic E-state index is 12.6. The van der Waals surface area contributed by atoms with E-state index in [0.717, 1.165) is 36.4 Å². The van der Waals surface area contributed by atoms with Crippen LogP contribution in [0.15, 0.2) is 18.2 Å². The highest BCUT2D eigenvalue weighted by molar-refractivity contribution is 7.15. The Bertz CT molecular complexity index is 973. The SMILES string of the molecule is COc1ccc(NC(=O)CN2CCc3nc(NC(=O)NC4CCCC4)sc3C2)c(OC)c1. The Morgan fingerprint density at radius 2 is 2.00 bits per heavy atom. The van der Waals surface area contributed by atoms with Crippen molar-refractivity contribution in [2.75, 3.05) is 37.9 Å². The van der Waals surface area contributed by atoms with E-state index in [1.165, 1.54) is 24.2 Å². The first-order valence-corrected chi connectivity index (χ1v) is 11.7. The first-order valence-electron chi connectivity index (χ1n) is 10.8. The maximum Gasteiger partial charge on any atom is 0.321 e. The second-order valence-corrected chi connectivity index (χ2v) is 9.13. The molecule has 9 nitrogen and oxygen atoms in total. The number of carbonyl (C=O) groups is 2. The van der Waals surface area contributed by atoms with Crippen molar-refractivity contribution in [2.24, 2.45) is 0 Å². The third-order valence-corrected chi connectivity index (χ3v) is 6.77. The molecule has 0 radical (unpaired) electrons. The number of aromatic nitrogens is 1. The summed E-state index contributed by atoms with van der Waals surface area (Å²) in [6.07, 6.45) is 5.18. The van der Waals surface area contributed by atoms with E-state index in [1.54, 1.807) is 32.4 Å². The van der Waals surface area contributed by atoms with Crippen molar-refractivity contribution >= 4 is 34.1 Å². The molecule has 0 unspecified atom stereocenters. The van der Waals surface area contributed by atoms with Gasteiger partial charge in [-0.3, -0.25) is 15.0 Å². The number of methoxy groups -OCH3 is 2. The smallest absolute Gasteiger partial charge is 0.321 e. The summed E-state index contributed by atoms with van der Waals surface area (Å²) in [6.45, 7) is 1.63. The standard InChI is InChI=1S/C22H29N5O4S/c1-30-15-7-8-16(18(11-15)31-2)24-20(28)13-27-10-9-17-19(12-27)32-22(25-17)26-21(29)23-14-5-3-4-6-14/h7-8,11,14H,3-6,9-10,12-13H2,1-2H3,(H,24,28)(H2,23,25,26,29). The van der Waals surface area contributed by atoms with E-state index in [2.05, 4.69) is 25.8 Å². The van der Waals surface area contributed by atoms with Crippen molar-refractivity contribution in [3.05, 3.63) is 28.8 Å². The van der Waals surface area contributed by atoms with Crippen molar-refractivity contribution in [3.63, 3.8) is 0 Å². The van der Waals surface area contributed by atoms with Gasteiger partial charge in [0.2, 0.25) is 5.91 Å². The molecule has 172 valence electrons. The average molecular weight is 460 g/mol. The quantitative estimate of drug-likeness (QED) is 0.587. The van der Waals surface area contributed by atoms with Gasteiger partial charge in [-0.1, -0.05) is 12.8 Å². The Labute approximate surface area is 191 Å². The zero-order valence-electron chi connectivity index (χ0n) is 18.4. The van der Waals surface area contributed by atoms with Crippen LogP contribution < -0.4 is 25.4 Å². The fourth-order valence-electron chi connectivity index (χ4n) is 4.12. The van der Waals surface area contributed by atoms with Gasteiger partial charge in [-0.15, -0.1) is 11.3 Å². The Balaban J connectivity index is 1.30. The summed E-state index contributed by atoms with van der Waals surface area (Å²) < 4.78 is 10.5. The summed E-state index contributed by atoms with van der Waals surface area (Å²) in [7, 11) is 3.14. The molecule has 0 bridgehead atoms. The molecule has 0 saturated heterocycles. The van der Waals surface area contributed by atoms with Crippen LogP contribution in [0.2, 0.25) is 0 Å². The zero-order valence-corrected chi connectivity index (χ0v) is 19.2. The van der Waals surface area contributed by atoms with Crippen molar-refractivity contribution < 1.29 is 19.1 Å². The summed E-state index contributed by atoms with van der Waals surface area (Å²) in [5.41, 5.74) is 1.60. The van der Waals surface area contributed by atoms with E-state index in [0.29, 0.717) is 28.9 Å². The number of hydrogen-bond acceptors (Lipinski definition) is 7. The van der Waals surface area contributed by atoms with E-state index >= 15 is 0 Å². The minimum absolute atomic E-state index is 0.115. The van der Waals surface area contributed by atoms with Gasteiger partial charge in [-0.05, 0) is 25.0 Å². The minimum atomic E-state index is -0.187. The number of nitrogens with zero attached hydrogens (tertiary/aromatic N) is 2. The molecule has 32 heavy (non-hydrogen) atoms. The molecular formula is C22H29N5O4S. The van der Waals surface area contributed by atoms with Crippen LogP contribution >= 0.6 is 11.3 Å². The third kappa shape index (κ3) is 5.49. The molecule has 2 aliphatic rings. The van der Waals surface area contributed by atoms with E-state index < -0.39 is 0 Å². The van der Waals surface area contributed by atoms with Crippen LogP contribution in [0.1, 0.15) is 36.3 Å². The van der Waals surface area contributed by atoms with Crippen LogP contribution in [0.3, 0.4) is 0 Å². The molecule has 2 aromatic rings. The summed E-state index contributed by atoms with van der Waals surface area (Å²) in [5.74, 6) is 1.10. The molecule has 0 atom stereocenters. The molecule has 2 heterocycles. The second-order valence-electron chi connectivity index (χ2n) is 8.04. The van der Waals surface area contributed by atoms with Gasteiger partial charge in [0.15, 0.2) is 5.13 Å². The Hall–Kier alpha value is -2.85. The lowest BCUT2D eigenvalue weighted by atomic mass is 10.2. The van der Waals surface area contributed by atoms with Gasteiger partial charge in [0.05, 0.1) is 32.1 Å². The number of amides is 3. The average Bonchev–Trinajstić information content (AvgIpc) is 3.42. The van der Waals surface area contributed by atoms with Crippen molar-refractivity contribution in [1.29, 1.82) is 0 Å². The van der Waals surface area contributed by atoms with Crippen LogP contribution in [0.5, 0.6) is 11.5 Å². The second kappa shape index (κ2) is 10.2. The largest absolute Gasteiger partial charge is 0.497 e. The van der Waals surface area contributed by atoms with Crippen molar-refractivity contribution in [3.8, 4) is 11.5 Å². The van der Waals surface area contributed by atoms with Crippen LogP contribution in [0.25, 0.3) is 0 Å². The normalized spacial score (nSPS) is 16.3. The lowest BCUT2D eigenvalue weighted by molar-refractivity contribution is -0.117. The molecule has 1 aromatic carbocycles. The van der Waals surface area contributed by atoms with Gasteiger partial charge in [0.1, 0.15) is 11.5 Å². The fraction of sp³-hybridized carbons (Fsp3) is 0.500. The van der Waals surface area contributed by atoms with E-state index in [9.17, 15) is 9.59 Å². The highest BCUT2D eigenvalue weighted by atomic mass is 32.1. The Morgan fingerprint density at radius 3 is 2.75 bits per heavy atom. The number of hydrogen-bond donors (Lipinski definition) is 3. The number of anilines is 2. The number of benzene rings is 1. The molecule has 1 aromatic heterocycles. The molecule has 1 fully saturated rings. The molecule has 1 aliphatic carbocycles. The first kappa shape index (κ1) is 22.3. The number of urea groups is 1. The lowest BCUT2D eigenvalue weighted by Crippen LogP contribution is -2.36. The van der Waals surface area contributed by atoms with E-state index in [1.807, 2.05) is 0 Å².